The van der Waals surface area contributed by atoms with Crippen molar-refractivity contribution in [2.75, 3.05) is 0 Å². The molecule has 0 bridgehead atoms. The highest BCUT2D eigenvalue weighted by atomic mass is 16.6. The summed E-state index contributed by atoms with van der Waals surface area (Å²) < 4.78 is 0. The van der Waals surface area contributed by atoms with Gasteiger partial charge >= 0.3 is 0 Å². The van der Waals surface area contributed by atoms with Crippen molar-refractivity contribution in [3.8, 4) is 0 Å². The first kappa shape index (κ1) is 15.0. The first-order valence-corrected chi connectivity index (χ1v) is 5.81. The summed E-state index contributed by atoms with van der Waals surface area (Å²) >= 11 is 0. The summed E-state index contributed by atoms with van der Waals surface area (Å²) in [6.07, 6.45) is 1.46. The third kappa shape index (κ3) is 3.25. The standard InChI is InChI=1S/C12H18N4O3/c1-7-5-14-9(8(2)10(7)16(18)19)6-15-12(3,4)11(13)17/h5,15H,6H2,1-4H3,(H2,13,17). The molecule has 0 unspecified atom stereocenters. The third-order valence-electron chi connectivity index (χ3n) is 3.07. The molecule has 0 aliphatic carbocycles. The number of carbonyl (C=O) groups excluding carboxylic acids is 1. The second-order valence-corrected chi connectivity index (χ2v) is 4.96. The predicted octanol–water partition coefficient (Wildman–Crippen LogP) is 0.960. The molecule has 1 heterocycles. The molecule has 0 radical (unpaired) electrons. The number of nitrogens with zero attached hydrogens (tertiary/aromatic N) is 2. The zero-order chi connectivity index (χ0) is 14.8. The molecule has 104 valence electrons. The molecule has 0 aliphatic rings. The van der Waals surface area contributed by atoms with Crippen molar-refractivity contribution >= 4 is 11.6 Å². The minimum atomic E-state index is -0.895. The number of aryl methyl sites for hydroxylation is 1. The number of primary amides is 1. The lowest BCUT2D eigenvalue weighted by Gasteiger charge is -2.22. The summed E-state index contributed by atoms with van der Waals surface area (Å²) in [6, 6.07) is 0. The first-order valence-electron chi connectivity index (χ1n) is 5.81. The molecule has 0 fully saturated rings. The van der Waals surface area contributed by atoms with Crippen molar-refractivity contribution < 1.29 is 9.72 Å². The fourth-order valence-corrected chi connectivity index (χ4v) is 1.62. The fourth-order valence-electron chi connectivity index (χ4n) is 1.62. The molecule has 7 nitrogen and oxygen atoms in total. The normalized spacial score (nSPS) is 11.4. The highest BCUT2D eigenvalue weighted by Crippen LogP contribution is 2.24. The average Bonchev–Trinajstić information content (AvgIpc) is 2.27. The Hall–Kier alpha value is -2.02. The number of nitrogens with one attached hydrogen (secondary N) is 1. The lowest BCUT2D eigenvalue weighted by atomic mass is 10.0. The van der Waals surface area contributed by atoms with Gasteiger partial charge in [0.05, 0.1) is 16.2 Å². The predicted molar refractivity (Wildman–Crippen MR) is 70.5 cm³/mol. The van der Waals surface area contributed by atoms with Gasteiger partial charge in [-0.15, -0.1) is 0 Å². The van der Waals surface area contributed by atoms with E-state index in [0.29, 0.717) is 16.8 Å². The van der Waals surface area contributed by atoms with E-state index in [-0.39, 0.29) is 12.2 Å². The van der Waals surface area contributed by atoms with Crippen LogP contribution in [0.15, 0.2) is 6.20 Å². The Bertz CT molecular complexity index is 526. The maximum atomic E-state index is 11.2. The lowest BCUT2D eigenvalue weighted by Crippen LogP contribution is -2.50. The number of nitrogens with two attached hydrogens (primary N) is 1. The summed E-state index contributed by atoms with van der Waals surface area (Å²) in [6.45, 7) is 6.82. The number of aromatic nitrogens is 1. The maximum absolute atomic E-state index is 11.2. The van der Waals surface area contributed by atoms with Crippen LogP contribution in [-0.2, 0) is 11.3 Å². The molecule has 1 amide bonds. The van der Waals surface area contributed by atoms with E-state index in [9.17, 15) is 14.9 Å². The van der Waals surface area contributed by atoms with Gasteiger partial charge in [0.15, 0.2) is 0 Å². The van der Waals surface area contributed by atoms with Crippen LogP contribution in [0.3, 0.4) is 0 Å². The number of carbonyl (C=O) groups is 1. The Balaban J connectivity index is 3.01. The number of pyridine rings is 1. The van der Waals surface area contributed by atoms with Gasteiger partial charge in [0.2, 0.25) is 5.91 Å². The molecule has 7 heteroatoms. The summed E-state index contributed by atoms with van der Waals surface area (Å²) in [5.41, 5.74) is 5.95. The van der Waals surface area contributed by atoms with Crippen molar-refractivity contribution in [2.45, 2.75) is 39.8 Å². The molecule has 0 aromatic carbocycles. The van der Waals surface area contributed by atoms with E-state index in [1.807, 2.05) is 0 Å². The minimum Gasteiger partial charge on any atom is -0.368 e. The van der Waals surface area contributed by atoms with Gasteiger partial charge in [-0.05, 0) is 27.7 Å². The topological polar surface area (TPSA) is 111 Å². The van der Waals surface area contributed by atoms with E-state index in [1.165, 1.54) is 6.20 Å². The van der Waals surface area contributed by atoms with Crippen LogP contribution in [-0.4, -0.2) is 21.4 Å². The van der Waals surface area contributed by atoms with Gasteiger partial charge in [0.1, 0.15) is 0 Å². The van der Waals surface area contributed by atoms with Crippen LogP contribution in [0.5, 0.6) is 0 Å². The molecule has 0 aliphatic heterocycles. The van der Waals surface area contributed by atoms with E-state index >= 15 is 0 Å². The molecule has 3 N–H and O–H groups in total. The zero-order valence-corrected chi connectivity index (χ0v) is 11.5. The molecule has 1 aromatic rings. The van der Waals surface area contributed by atoms with E-state index in [4.69, 9.17) is 5.73 Å². The average molecular weight is 266 g/mol. The van der Waals surface area contributed by atoms with Crippen LogP contribution in [0.2, 0.25) is 0 Å². The van der Waals surface area contributed by atoms with Crippen LogP contribution in [0.1, 0.15) is 30.7 Å². The number of hydrogen-bond acceptors (Lipinski definition) is 5. The van der Waals surface area contributed by atoms with Crippen molar-refractivity contribution in [2.24, 2.45) is 5.73 Å². The van der Waals surface area contributed by atoms with Crippen LogP contribution < -0.4 is 11.1 Å². The van der Waals surface area contributed by atoms with Crippen LogP contribution in [0.25, 0.3) is 0 Å². The molecule has 0 atom stereocenters. The molecule has 1 aromatic heterocycles. The van der Waals surface area contributed by atoms with Gasteiger partial charge in [-0.2, -0.15) is 0 Å². The largest absolute Gasteiger partial charge is 0.368 e. The quantitative estimate of drug-likeness (QED) is 0.609. The summed E-state index contributed by atoms with van der Waals surface area (Å²) in [4.78, 5) is 25.9. The summed E-state index contributed by atoms with van der Waals surface area (Å²) in [5, 5.41) is 13.9. The molecule has 1 rings (SSSR count). The number of nitro groups is 1. The van der Waals surface area contributed by atoms with Crippen LogP contribution in [0, 0.1) is 24.0 Å². The van der Waals surface area contributed by atoms with Gasteiger partial charge in [-0.1, -0.05) is 0 Å². The van der Waals surface area contributed by atoms with Crippen molar-refractivity contribution in [3.05, 3.63) is 33.1 Å². The minimum absolute atomic E-state index is 0.0590. The Morgan fingerprint density at radius 2 is 2.11 bits per heavy atom. The smallest absolute Gasteiger partial charge is 0.278 e. The number of rotatable bonds is 5. The van der Waals surface area contributed by atoms with E-state index in [2.05, 4.69) is 10.3 Å². The molecular formula is C12H18N4O3. The van der Waals surface area contributed by atoms with E-state index in [1.54, 1.807) is 27.7 Å². The number of hydrogen-bond donors (Lipinski definition) is 2. The highest BCUT2D eigenvalue weighted by Gasteiger charge is 2.25. The fraction of sp³-hybridized carbons (Fsp3) is 0.500. The third-order valence-corrected chi connectivity index (χ3v) is 3.07. The van der Waals surface area contributed by atoms with Gasteiger partial charge in [0.25, 0.3) is 5.69 Å². The maximum Gasteiger partial charge on any atom is 0.278 e. The Morgan fingerprint density at radius 1 is 1.53 bits per heavy atom. The van der Waals surface area contributed by atoms with Gasteiger partial charge in [0, 0.05) is 23.9 Å². The Morgan fingerprint density at radius 3 is 2.58 bits per heavy atom. The Labute approximate surface area is 111 Å². The monoisotopic (exact) mass is 266 g/mol. The SMILES string of the molecule is Cc1cnc(CNC(C)(C)C(N)=O)c(C)c1[N+](=O)[O-]. The first-order chi connectivity index (χ1) is 8.66. The molecule has 0 saturated carbocycles. The molecule has 19 heavy (non-hydrogen) atoms. The molecule has 0 spiro atoms. The lowest BCUT2D eigenvalue weighted by molar-refractivity contribution is -0.386. The van der Waals surface area contributed by atoms with Crippen LogP contribution in [0.4, 0.5) is 5.69 Å². The molecule has 0 saturated heterocycles. The summed E-state index contributed by atoms with van der Waals surface area (Å²) in [5.74, 6) is -0.494. The van der Waals surface area contributed by atoms with Gasteiger partial charge in [-0.25, -0.2) is 0 Å². The van der Waals surface area contributed by atoms with E-state index < -0.39 is 16.4 Å². The van der Waals surface area contributed by atoms with Crippen molar-refractivity contribution in [3.63, 3.8) is 0 Å². The van der Waals surface area contributed by atoms with Crippen LogP contribution >= 0.6 is 0 Å². The number of amides is 1. The molecular weight excluding hydrogens is 248 g/mol. The van der Waals surface area contributed by atoms with Crippen molar-refractivity contribution in [1.29, 1.82) is 0 Å². The Kier molecular flexibility index (Phi) is 4.21. The summed E-state index contributed by atoms with van der Waals surface area (Å²) in [7, 11) is 0. The zero-order valence-electron chi connectivity index (χ0n) is 11.5. The van der Waals surface area contributed by atoms with Crippen molar-refractivity contribution in [1.82, 2.24) is 10.3 Å². The highest BCUT2D eigenvalue weighted by molar-refractivity contribution is 5.83. The van der Waals surface area contributed by atoms with Gasteiger partial charge < -0.3 is 5.73 Å². The second kappa shape index (κ2) is 5.31. The second-order valence-electron chi connectivity index (χ2n) is 4.96. The van der Waals surface area contributed by atoms with E-state index in [0.717, 1.165) is 0 Å². The van der Waals surface area contributed by atoms with Gasteiger partial charge in [-0.3, -0.25) is 25.2 Å².